The number of nitrogens with one attached hydrogen (secondary N) is 1. The average Bonchev–Trinajstić information content (AvgIpc) is 2.73. The summed E-state index contributed by atoms with van der Waals surface area (Å²) >= 11 is 1.25. The summed E-state index contributed by atoms with van der Waals surface area (Å²) in [6.45, 7) is 4.53. The van der Waals surface area contributed by atoms with Crippen molar-refractivity contribution >= 4 is 28.2 Å². The van der Waals surface area contributed by atoms with Crippen LogP contribution in [0.2, 0.25) is 0 Å². The van der Waals surface area contributed by atoms with E-state index in [1.54, 1.807) is 5.38 Å². The van der Waals surface area contributed by atoms with Crippen LogP contribution in [0.25, 0.3) is 0 Å². The van der Waals surface area contributed by atoms with Crippen LogP contribution in [0.1, 0.15) is 37.2 Å². The second-order valence-electron chi connectivity index (χ2n) is 3.50. The summed E-state index contributed by atoms with van der Waals surface area (Å²) in [5, 5.41) is 4.72. The monoisotopic (exact) mass is 256 g/mol. The number of nitrogens with zero attached hydrogens (tertiary/aromatic N) is 1. The summed E-state index contributed by atoms with van der Waals surface area (Å²) < 4.78 is 5.20. The predicted octanol–water partition coefficient (Wildman–Crippen LogP) is 2.10. The van der Waals surface area contributed by atoms with E-state index >= 15 is 0 Å². The molecule has 1 N–H and O–H groups in total. The maximum Gasteiger partial charge on any atom is 0.228 e. The van der Waals surface area contributed by atoms with E-state index in [1.807, 2.05) is 6.92 Å². The molecule has 0 saturated heterocycles. The number of ketones is 1. The van der Waals surface area contributed by atoms with E-state index in [1.165, 1.54) is 18.3 Å². The number of amides is 1. The summed E-state index contributed by atoms with van der Waals surface area (Å²) in [6, 6.07) is 0. The van der Waals surface area contributed by atoms with E-state index in [4.69, 9.17) is 4.74 Å². The first-order valence-electron chi connectivity index (χ1n) is 5.47. The standard InChI is InChI=1S/C11H16N2O3S/c1-3-5-16-6-4-10(15)13-11-12-9(7-17-11)8(2)14/h7H,3-6H2,1-2H3,(H,12,13,15). The van der Waals surface area contributed by atoms with Gasteiger partial charge in [0.15, 0.2) is 10.9 Å². The van der Waals surface area contributed by atoms with Crippen LogP contribution in [0.5, 0.6) is 0 Å². The first-order chi connectivity index (χ1) is 8.13. The highest BCUT2D eigenvalue weighted by molar-refractivity contribution is 7.14. The predicted molar refractivity (Wildman–Crippen MR) is 66.5 cm³/mol. The van der Waals surface area contributed by atoms with E-state index in [2.05, 4.69) is 10.3 Å². The SMILES string of the molecule is CCCOCCC(=O)Nc1nc(C(C)=O)cs1. The van der Waals surface area contributed by atoms with Crippen molar-refractivity contribution in [1.82, 2.24) is 4.98 Å². The van der Waals surface area contributed by atoms with E-state index in [0.29, 0.717) is 30.5 Å². The van der Waals surface area contributed by atoms with Crippen molar-refractivity contribution < 1.29 is 14.3 Å². The summed E-state index contributed by atoms with van der Waals surface area (Å²) in [6.07, 6.45) is 1.24. The lowest BCUT2D eigenvalue weighted by molar-refractivity contribution is -0.117. The molecule has 0 radical (unpaired) electrons. The molecule has 0 fully saturated rings. The number of rotatable bonds is 7. The first-order valence-corrected chi connectivity index (χ1v) is 6.35. The first kappa shape index (κ1) is 13.8. The van der Waals surface area contributed by atoms with Crippen LogP contribution in [0.15, 0.2) is 5.38 Å². The Labute approximate surface area is 104 Å². The van der Waals surface area contributed by atoms with Crippen LogP contribution in [0, 0.1) is 0 Å². The van der Waals surface area contributed by atoms with Crippen molar-refractivity contribution in [3.63, 3.8) is 0 Å². The minimum atomic E-state index is -0.148. The molecule has 0 spiro atoms. The molecule has 0 unspecified atom stereocenters. The zero-order chi connectivity index (χ0) is 12.7. The molecule has 1 rings (SSSR count). The van der Waals surface area contributed by atoms with Gasteiger partial charge in [-0.2, -0.15) is 0 Å². The molecule has 1 heterocycles. The maximum atomic E-state index is 11.4. The summed E-state index contributed by atoms with van der Waals surface area (Å²) in [5.41, 5.74) is 0.382. The highest BCUT2D eigenvalue weighted by atomic mass is 32.1. The number of carbonyl (C=O) groups is 2. The fraction of sp³-hybridized carbons (Fsp3) is 0.545. The Bertz CT molecular complexity index is 390. The Morgan fingerprint density at radius 2 is 2.24 bits per heavy atom. The smallest absolute Gasteiger partial charge is 0.228 e. The molecular formula is C11H16N2O3S. The zero-order valence-electron chi connectivity index (χ0n) is 9.99. The van der Waals surface area contributed by atoms with E-state index in [9.17, 15) is 9.59 Å². The molecular weight excluding hydrogens is 240 g/mol. The number of Topliss-reactive ketones (excluding diaryl/α,β-unsaturated/α-hetero) is 1. The fourth-order valence-corrected chi connectivity index (χ4v) is 1.85. The highest BCUT2D eigenvalue weighted by Crippen LogP contribution is 2.15. The third-order valence-corrected chi connectivity index (χ3v) is 2.69. The molecule has 0 bridgehead atoms. The van der Waals surface area contributed by atoms with Crippen molar-refractivity contribution in [3.8, 4) is 0 Å². The van der Waals surface area contributed by atoms with Gasteiger partial charge in [0.05, 0.1) is 13.0 Å². The summed E-state index contributed by atoms with van der Waals surface area (Å²) in [7, 11) is 0. The molecule has 6 heteroatoms. The molecule has 5 nitrogen and oxygen atoms in total. The molecule has 0 aromatic carbocycles. The highest BCUT2D eigenvalue weighted by Gasteiger charge is 2.08. The van der Waals surface area contributed by atoms with Gasteiger partial charge in [0.25, 0.3) is 0 Å². The van der Waals surface area contributed by atoms with E-state index in [0.717, 1.165) is 6.42 Å². The van der Waals surface area contributed by atoms with Gasteiger partial charge >= 0.3 is 0 Å². The lowest BCUT2D eigenvalue weighted by Crippen LogP contribution is -2.14. The number of hydrogen-bond donors (Lipinski definition) is 1. The number of aromatic nitrogens is 1. The lowest BCUT2D eigenvalue weighted by atomic mass is 10.4. The van der Waals surface area contributed by atoms with Gasteiger partial charge in [-0.1, -0.05) is 6.92 Å². The summed E-state index contributed by atoms with van der Waals surface area (Å²) in [5.74, 6) is -0.251. The van der Waals surface area contributed by atoms with E-state index in [-0.39, 0.29) is 11.7 Å². The van der Waals surface area contributed by atoms with Gasteiger partial charge in [-0.05, 0) is 6.42 Å². The van der Waals surface area contributed by atoms with Crippen molar-refractivity contribution in [2.45, 2.75) is 26.7 Å². The van der Waals surface area contributed by atoms with Crippen molar-refractivity contribution in [1.29, 1.82) is 0 Å². The van der Waals surface area contributed by atoms with Crippen LogP contribution in [0.4, 0.5) is 5.13 Å². The second-order valence-corrected chi connectivity index (χ2v) is 4.36. The van der Waals surface area contributed by atoms with Gasteiger partial charge in [-0.25, -0.2) is 4.98 Å². The van der Waals surface area contributed by atoms with Crippen molar-refractivity contribution in [2.75, 3.05) is 18.5 Å². The van der Waals surface area contributed by atoms with Gasteiger partial charge in [-0.15, -0.1) is 11.3 Å². The van der Waals surface area contributed by atoms with Crippen LogP contribution in [-0.2, 0) is 9.53 Å². The van der Waals surface area contributed by atoms with Crippen LogP contribution in [-0.4, -0.2) is 29.9 Å². The fourth-order valence-electron chi connectivity index (χ4n) is 1.09. The number of ether oxygens (including phenoxy) is 1. The largest absolute Gasteiger partial charge is 0.381 e. The lowest BCUT2D eigenvalue weighted by Gasteiger charge is -2.02. The maximum absolute atomic E-state index is 11.4. The number of hydrogen-bond acceptors (Lipinski definition) is 5. The molecule has 1 aromatic heterocycles. The van der Waals surface area contributed by atoms with Gasteiger partial charge in [0.2, 0.25) is 5.91 Å². The Morgan fingerprint density at radius 1 is 1.47 bits per heavy atom. The third-order valence-electron chi connectivity index (χ3n) is 1.93. The Balaban J connectivity index is 2.32. The molecule has 0 aliphatic heterocycles. The molecule has 1 amide bonds. The quantitative estimate of drug-likeness (QED) is 0.599. The normalized spacial score (nSPS) is 10.2. The molecule has 0 aliphatic carbocycles. The number of anilines is 1. The minimum Gasteiger partial charge on any atom is -0.381 e. The Morgan fingerprint density at radius 3 is 2.82 bits per heavy atom. The molecule has 0 atom stereocenters. The van der Waals surface area contributed by atoms with Gasteiger partial charge in [0, 0.05) is 18.9 Å². The Hall–Kier alpha value is -1.27. The van der Waals surface area contributed by atoms with Crippen molar-refractivity contribution in [3.05, 3.63) is 11.1 Å². The third kappa shape index (κ3) is 5.06. The van der Waals surface area contributed by atoms with Crippen LogP contribution in [0.3, 0.4) is 0 Å². The van der Waals surface area contributed by atoms with Gasteiger partial charge in [-0.3, -0.25) is 9.59 Å². The van der Waals surface area contributed by atoms with Gasteiger partial charge in [0.1, 0.15) is 5.69 Å². The number of carbonyl (C=O) groups excluding carboxylic acids is 2. The molecule has 94 valence electrons. The van der Waals surface area contributed by atoms with Crippen LogP contribution >= 0.6 is 11.3 Å². The molecule has 0 aliphatic rings. The van der Waals surface area contributed by atoms with Crippen molar-refractivity contribution in [2.24, 2.45) is 0 Å². The van der Waals surface area contributed by atoms with E-state index < -0.39 is 0 Å². The molecule has 1 aromatic rings. The minimum absolute atomic E-state index is 0.104. The van der Waals surface area contributed by atoms with Crippen LogP contribution < -0.4 is 5.32 Å². The number of thiazole rings is 1. The Kier molecular flexibility index (Phi) is 5.79. The second kappa shape index (κ2) is 7.13. The molecule has 17 heavy (non-hydrogen) atoms. The average molecular weight is 256 g/mol. The van der Waals surface area contributed by atoms with Gasteiger partial charge < -0.3 is 10.1 Å². The topological polar surface area (TPSA) is 68.3 Å². The molecule has 0 saturated carbocycles. The zero-order valence-corrected chi connectivity index (χ0v) is 10.8. The summed E-state index contributed by atoms with van der Waals surface area (Å²) in [4.78, 5) is 26.4.